The molecular weight excluding hydrogens is 285 g/mol. The van der Waals surface area contributed by atoms with Crippen LogP contribution in [0.2, 0.25) is 10.0 Å². The van der Waals surface area contributed by atoms with Crippen molar-refractivity contribution in [3.63, 3.8) is 0 Å². The molecule has 100 valence electrons. The van der Waals surface area contributed by atoms with Gasteiger partial charge in [0.1, 0.15) is 11.4 Å². The number of nitrogens with one attached hydrogen (secondary N) is 1. The number of halogens is 2. The number of methoxy groups -OCH3 is 1. The number of pyridine rings is 1. The minimum absolute atomic E-state index is 0.401. The summed E-state index contributed by atoms with van der Waals surface area (Å²) >= 11 is 12.2. The van der Waals surface area contributed by atoms with Crippen molar-refractivity contribution in [1.29, 1.82) is 0 Å². The van der Waals surface area contributed by atoms with Crippen molar-refractivity contribution in [3.8, 4) is 5.75 Å². The number of rotatable bonds is 4. The van der Waals surface area contributed by atoms with E-state index in [1.165, 1.54) is 0 Å². The first-order valence-electron chi connectivity index (χ1n) is 5.57. The fraction of sp³-hybridized carbons (Fsp3) is 0.154. The van der Waals surface area contributed by atoms with E-state index in [0.29, 0.717) is 21.5 Å². The summed E-state index contributed by atoms with van der Waals surface area (Å²) in [7, 11) is 1.58. The molecule has 1 atom stereocenters. The Morgan fingerprint density at radius 3 is 2.79 bits per heavy atom. The molecule has 0 aliphatic heterocycles. The van der Waals surface area contributed by atoms with E-state index >= 15 is 0 Å². The number of ether oxygens (including phenoxy) is 1. The Morgan fingerprint density at radius 1 is 1.32 bits per heavy atom. The maximum Gasteiger partial charge on any atom is 0.142 e. The molecule has 19 heavy (non-hydrogen) atoms. The van der Waals surface area contributed by atoms with Gasteiger partial charge in [-0.15, -0.1) is 0 Å². The number of hydrogen-bond donors (Lipinski definition) is 2. The van der Waals surface area contributed by atoms with Gasteiger partial charge in [0.15, 0.2) is 0 Å². The maximum absolute atomic E-state index is 6.19. The minimum Gasteiger partial charge on any atom is -0.495 e. The predicted molar refractivity (Wildman–Crippen MR) is 76.4 cm³/mol. The molecule has 3 N–H and O–H groups in total. The maximum atomic E-state index is 6.19. The molecule has 1 unspecified atom stereocenters. The van der Waals surface area contributed by atoms with E-state index in [-0.39, 0.29) is 0 Å². The first kappa shape index (κ1) is 14.1. The van der Waals surface area contributed by atoms with Crippen LogP contribution in [0.15, 0.2) is 36.5 Å². The molecule has 1 aromatic carbocycles. The average Bonchev–Trinajstić information content (AvgIpc) is 2.44. The molecule has 1 aromatic heterocycles. The van der Waals surface area contributed by atoms with Gasteiger partial charge in [-0.25, -0.2) is 5.43 Å². The summed E-state index contributed by atoms with van der Waals surface area (Å²) in [6, 6.07) is 8.39. The van der Waals surface area contributed by atoms with E-state index < -0.39 is 6.04 Å². The molecule has 0 fully saturated rings. The van der Waals surface area contributed by atoms with Crippen LogP contribution in [0.4, 0.5) is 0 Å². The van der Waals surface area contributed by atoms with Crippen molar-refractivity contribution < 1.29 is 4.74 Å². The van der Waals surface area contributed by atoms with Gasteiger partial charge in [-0.3, -0.25) is 10.8 Å². The summed E-state index contributed by atoms with van der Waals surface area (Å²) in [4.78, 5) is 4.30. The highest BCUT2D eigenvalue weighted by atomic mass is 35.5. The lowest BCUT2D eigenvalue weighted by molar-refractivity contribution is 0.400. The second-order valence-electron chi connectivity index (χ2n) is 3.86. The zero-order valence-electron chi connectivity index (χ0n) is 10.2. The van der Waals surface area contributed by atoms with E-state index in [4.69, 9.17) is 33.8 Å². The van der Waals surface area contributed by atoms with E-state index in [2.05, 4.69) is 10.4 Å². The third kappa shape index (κ3) is 2.98. The molecule has 0 saturated heterocycles. The van der Waals surface area contributed by atoms with E-state index in [9.17, 15) is 0 Å². The van der Waals surface area contributed by atoms with Crippen molar-refractivity contribution >= 4 is 23.2 Å². The molecule has 4 nitrogen and oxygen atoms in total. The van der Waals surface area contributed by atoms with Crippen LogP contribution in [0.5, 0.6) is 5.75 Å². The van der Waals surface area contributed by atoms with Crippen LogP contribution in [-0.2, 0) is 0 Å². The van der Waals surface area contributed by atoms with E-state index in [1.807, 2.05) is 6.07 Å². The number of benzene rings is 1. The number of nitrogens with zero attached hydrogens (tertiary/aromatic N) is 1. The molecule has 0 radical (unpaired) electrons. The van der Waals surface area contributed by atoms with Gasteiger partial charge in [0.05, 0.1) is 13.2 Å². The van der Waals surface area contributed by atoms with Gasteiger partial charge in [-0.05, 0) is 35.9 Å². The van der Waals surface area contributed by atoms with Crippen LogP contribution in [0, 0.1) is 0 Å². The summed E-state index contributed by atoms with van der Waals surface area (Å²) in [6.07, 6.45) is 1.67. The van der Waals surface area contributed by atoms with Gasteiger partial charge in [0.2, 0.25) is 0 Å². The molecule has 0 amide bonds. The van der Waals surface area contributed by atoms with Crippen LogP contribution in [0.3, 0.4) is 0 Å². The molecule has 1 heterocycles. The highest BCUT2D eigenvalue weighted by Gasteiger charge is 2.21. The topological polar surface area (TPSA) is 60.2 Å². The molecule has 0 bridgehead atoms. The van der Waals surface area contributed by atoms with Gasteiger partial charge in [-0.2, -0.15) is 0 Å². The quantitative estimate of drug-likeness (QED) is 0.673. The fourth-order valence-electron chi connectivity index (χ4n) is 1.84. The van der Waals surface area contributed by atoms with Crippen molar-refractivity contribution in [1.82, 2.24) is 10.4 Å². The molecular formula is C13H13Cl2N3O. The highest BCUT2D eigenvalue weighted by molar-refractivity contribution is 6.33. The molecule has 2 aromatic rings. The third-order valence-corrected chi connectivity index (χ3v) is 3.31. The van der Waals surface area contributed by atoms with Gasteiger partial charge in [0.25, 0.3) is 0 Å². The molecule has 6 heteroatoms. The zero-order valence-corrected chi connectivity index (χ0v) is 11.7. The molecule has 0 spiro atoms. The largest absolute Gasteiger partial charge is 0.495 e. The van der Waals surface area contributed by atoms with Crippen LogP contribution < -0.4 is 16.0 Å². The average molecular weight is 298 g/mol. The SMILES string of the molecule is COc1cccnc1C(NN)c1cc(Cl)ccc1Cl. The van der Waals surface area contributed by atoms with Crippen molar-refractivity contribution in [3.05, 3.63) is 57.8 Å². The van der Waals surface area contributed by atoms with Gasteiger partial charge >= 0.3 is 0 Å². The summed E-state index contributed by atoms with van der Waals surface area (Å²) < 4.78 is 5.29. The Morgan fingerprint density at radius 2 is 2.11 bits per heavy atom. The smallest absolute Gasteiger partial charge is 0.142 e. The molecule has 0 aliphatic carbocycles. The third-order valence-electron chi connectivity index (χ3n) is 2.73. The highest BCUT2D eigenvalue weighted by Crippen LogP contribution is 2.33. The monoisotopic (exact) mass is 297 g/mol. The Hall–Kier alpha value is -1.33. The summed E-state index contributed by atoms with van der Waals surface area (Å²) in [5.74, 6) is 6.26. The lowest BCUT2D eigenvalue weighted by Crippen LogP contribution is -2.30. The van der Waals surface area contributed by atoms with Crippen molar-refractivity contribution in [2.45, 2.75) is 6.04 Å². The molecule has 2 rings (SSSR count). The predicted octanol–water partition coefficient (Wildman–Crippen LogP) is 2.95. The van der Waals surface area contributed by atoms with Crippen molar-refractivity contribution in [2.75, 3.05) is 7.11 Å². The van der Waals surface area contributed by atoms with Gasteiger partial charge in [-0.1, -0.05) is 23.2 Å². The van der Waals surface area contributed by atoms with Crippen LogP contribution in [0.1, 0.15) is 17.3 Å². The summed E-state index contributed by atoms with van der Waals surface area (Å²) in [5, 5.41) is 1.13. The number of hydrogen-bond acceptors (Lipinski definition) is 4. The Balaban J connectivity index is 2.53. The Bertz CT molecular complexity index is 578. The van der Waals surface area contributed by atoms with Crippen molar-refractivity contribution in [2.24, 2.45) is 5.84 Å². The standard InChI is InChI=1S/C13H13Cl2N3O/c1-19-11-3-2-6-17-13(11)12(18-16)9-7-8(14)4-5-10(9)15/h2-7,12,18H,16H2,1H3. The number of hydrazine groups is 1. The normalized spacial score (nSPS) is 12.2. The number of nitrogens with two attached hydrogens (primary N) is 1. The lowest BCUT2D eigenvalue weighted by atomic mass is 10.0. The van der Waals surface area contributed by atoms with E-state index in [1.54, 1.807) is 37.6 Å². The van der Waals surface area contributed by atoms with Crippen LogP contribution in [-0.4, -0.2) is 12.1 Å². The van der Waals surface area contributed by atoms with E-state index in [0.717, 1.165) is 5.56 Å². The van der Waals surface area contributed by atoms with Crippen LogP contribution in [0.25, 0.3) is 0 Å². The Labute approximate surface area is 121 Å². The second-order valence-corrected chi connectivity index (χ2v) is 4.70. The zero-order chi connectivity index (χ0) is 13.8. The first-order valence-corrected chi connectivity index (χ1v) is 6.33. The second kappa shape index (κ2) is 6.21. The summed E-state index contributed by atoms with van der Waals surface area (Å²) in [6.45, 7) is 0. The summed E-state index contributed by atoms with van der Waals surface area (Å²) in [5.41, 5.74) is 4.09. The molecule has 0 aliphatic rings. The van der Waals surface area contributed by atoms with Crippen LogP contribution >= 0.6 is 23.2 Å². The molecule has 0 saturated carbocycles. The lowest BCUT2D eigenvalue weighted by Gasteiger charge is -2.19. The Kier molecular flexibility index (Phi) is 4.61. The number of aromatic nitrogens is 1. The fourth-order valence-corrected chi connectivity index (χ4v) is 2.25. The van der Waals surface area contributed by atoms with Gasteiger partial charge in [0, 0.05) is 16.2 Å². The van der Waals surface area contributed by atoms with Gasteiger partial charge < -0.3 is 4.74 Å². The minimum atomic E-state index is -0.401. The first-order chi connectivity index (χ1) is 9.17.